The first kappa shape index (κ1) is 87.1. The number of aliphatic hydroxyl groups excluding tert-OH is 1. The lowest BCUT2D eigenvalue weighted by Gasteiger charge is -2.21. The Labute approximate surface area is 543 Å². The second-order valence-corrected chi connectivity index (χ2v) is 29.4. The first-order valence-electron chi connectivity index (χ1n) is 36.4. The third kappa shape index (κ3) is 63.2. The van der Waals surface area contributed by atoms with Crippen LogP contribution in [0.3, 0.4) is 0 Å². The summed E-state index contributed by atoms with van der Waals surface area (Å²) in [5, 5.41) is 10.6. The molecule has 0 saturated heterocycles. The summed E-state index contributed by atoms with van der Waals surface area (Å²) in [6.07, 6.45) is 44.8. The molecule has 0 aromatic heterocycles. The highest BCUT2D eigenvalue weighted by Gasteiger charge is 2.30. The average molecular weight is 1310 g/mol. The van der Waals surface area contributed by atoms with Crippen LogP contribution in [0, 0.1) is 17.8 Å². The van der Waals surface area contributed by atoms with Gasteiger partial charge in [-0.25, -0.2) is 9.13 Å². The van der Waals surface area contributed by atoms with E-state index < -0.39 is 97.5 Å². The van der Waals surface area contributed by atoms with Crippen LogP contribution in [0.15, 0.2) is 0 Å². The van der Waals surface area contributed by atoms with E-state index in [1.807, 2.05) is 0 Å². The molecule has 0 heterocycles. The molecule has 0 aliphatic rings. The summed E-state index contributed by atoms with van der Waals surface area (Å²) >= 11 is 0. The largest absolute Gasteiger partial charge is 0.472 e. The number of unbranched alkanes of at least 4 members (excludes halogenated alkanes) is 35. The van der Waals surface area contributed by atoms with Crippen LogP contribution in [0.4, 0.5) is 0 Å². The molecule has 0 aliphatic carbocycles. The van der Waals surface area contributed by atoms with Crippen LogP contribution in [0.1, 0.15) is 350 Å². The van der Waals surface area contributed by atoms with Crippen molar-refractivity contribution in [3.8, 4) is 0 Å². The summed E-state index contributed by atoms with van der Waals surface area (Å²) in [7, 11) is -9.89. The van der Waals surface area contributed by atoms with E-state index in [2.05, 4.69) is 48.5 Å². The summed E-state index contributed by atoms with van der Waals surface area (Å²) in [6.45, 7) is 11.8. The lowest BCUT2D eigenvalue weighted by molar-refractivity contribution is -0.161. The van der Waals surface area contributed by atoms with Crippen LogP contribution >= 0.6 is 15.6 Å². The number of carbonyl (C=O) groups excluding carboxylic acids is 4. The predicted octanol–water partition coefficient (Wildman–Crippen LogP) is 19.8. The van der Waals surface area contributed by atoms with Gasteiger partial charge in [-0.1, -0.05) is 299 Å². The standard InChI is InChI=1S/C70H136O17P2/c1-8-10-11-34-44-51-67(72)80-57-65(86-70(75)54-47-40-33-27-26-30-37-43-50-63(7)9-2)59-84-88(76,77)82-55-64(71)56-83-89(78,79)85-60-66(58-81-68(73)52-45-38-31-24-21-17-19-23-29-36-42-49-62(5)6)87-69(74)53-46-39-32-25-20-16-14-12-13-15-18-22-28-35-41-48-61(3)4/h61-66,71H,8-60H2,1-7H3,(H,76,77)(H,78,79)/t63?,64-,65+,66+/m0/s1. The highest BCUT2D eigenvalue weighted by Crippen LogP contribution is 2.45. The molecule has 3 unspecified atom stereocenters. The lowest BCUT2D eigenvalue weighted by Crippen LogP contribution is -2.30. The molecule has 0 fully saturated rings. The fraction of sp³-hybridized carbons (Fsp3) is 0.943. The number of esters is 4. The Hall–Kier alpha value is -1.94. The first-order chi connectivity index (χ1) is 42.8. The van der Waals surface area contributed by atoms with Gasteiger partial charge in [0.15, 0.2) is 12.2 Å². The zero-order chi connectivity index (χ0) is 65.9. The minimum Gasteiger partial charge on any atom is -0.462 e. The molecular formula is C70H136O17P2. The molecule has 0 amide bonds. The normalized spacial score (nSPS) is 14.5. The minimum absolute atomic E-state index is 0.104. The van der Waals surface area contributed by atoms with Crippen LogP contribution in [0.25, 0.3) is 0 Å². The molecule has 0 radical (unpaired) electrons. The van der Waals surface area contributed by atoms with Crippen LogP contribution in [-0.2, 0) is 65.4 Å². The van der Waals surface area contributed by atoms with Crippen LogP contribution in [-0.4, -0.2) is 96.7 Å². The van der Waals surface area contributed by atoms with Crippen LogP contribution in [0.2, 0.25) is 0 Å². The van der Waals surface area contributed by atoms with E-state index in [1.54, 1.807) is 0 Å². The van der Waals surface area contributed by atoms with Crippen molar-refractivity contribution in [1.29, 1.82) is 0 Å². The molecule has 17 nitrogen and oxygen atoms in total. The van der Waals surface area contributed by atoms with Crippen molar-refractivity contribution >= 4 is 39.5 Å². The fourth-order valence-corrected chi connectivity index (χ4v) is 12.1. The number of hydrogen-bond donors (Lipinski definition) is 3. The molecule has 0 aromatic rings. The second-order valence-electron chi connectivity index (χ2n) is 26.5. The van der Waals surface area contributed by atoms with Crippen molar-refractivity contribution in [3.63, 3.8) is 0 Å². The quantitative estimate of drug-likeness (QED) is 0.0222. The van der Waals surface area contributed by atoms with E-state index in [0.29, 0.717) is 25.7 Å². The molecule has 0 bridgehead atoms. The fourth-order valence-electron chi connectivity index (χ4n) is 10.5. The van der Waals surface area contributed by atoms with Gasteiger partial charge in [0, 0.05) is 25.7 Å². The summed E-state index contributed by atoms with van der Waals surface area (Å²) < 4.78 is 68.1. The van der Waals surface area contributed by atoms with Crippen molar-refractivity contribution in [2.75, 3.05) is 39.6 Å². The molecule has 0 saturated carbocycles. The smallest absolute Gasteiger partial charge is 0.462 e. The Bertz CT molecular complexity index is 1750. The van der Waals surface area contributed by atoms with Gasteiger partial charge in [-0.2, -0.15) is 0 Å². The Morgan fingerprint density at radius 2 is 0.573 bits per heavy atom. The Kier molecular flexibility index (Phi) is 59.6. The van der Waals surface area contributed by atoms with Crippen LogP contribution < -0.4 is 0 Å². The molecule has 6 atom stereocenters. The van der Waals surface area contributed by atoms with Gasteiger partial charge in [0.05, 0.1) is 26.4 Å². The van der Waals surface area contributed by atoms with Gasteiger partial charge >= 0.3 is 39.5 Å². The van der Waals surface area contributed by atoms with E-state index in [9.17, 15) is 43.2 Å². The third-order valence-corrected chi connectivity index (χ3v) is 18.4. The molecule has 19 heteroatoms. The van der Waals surface area contributed by atoms with Gasteiger partial charge < -0.3 is 33.8 Å². The number of phosphoric ester groups is 2. The highest BCUT2D eigenvalue weighted by atomic mass is 31.2. The number of rotatable bonds is 68. The van der Waals surface area contributed by atoms with Gasteiger partial charge in [-0.15, -0.1) is 0 Å². The number of carbonyl (C=O) groups is 4. The van der Waals surface area contributed by atoms with Gasteiger partial charge in [0.25, 0.3) is 0 Å². The van der Waals surface area contributed by atoms with Crippen molar-refractivity contribution in [1.82, 2.24) is 0 Å². The Balaban J connectivity index is 5.16. The minimum atomic E-state index is -4.95. The molecule has 3 N–H and O–H groups in total. The highest BCUT2D eigenvalue weighted by molar-refractivity contribution is 7.47. The predicted molar refractivity (Wildman–Crippen MR) is 358 cm³/mol. The molecule has 0 spiro atoms. The summed E-state index contributed by atoms with van der Waals surface area (Å²) in [4.78, 5) is 72.3. The SMILES string of the molecule is CCCCCCCC(=O)OC[C@H](COP(=O)(O)OC[C@H](O)COP(=O)(O)OC[C@@H](COC(=O)CCCCCCCCCCCCCC(C)C)OC(=O)CCCCCCCCCCCCCCCCCC(C)C)OC(=O)CCCCCCCCCCC(C)CC. The summed E-state index contributed by atoms with van der Waals surface area (Å²) in [5.41, 5.74) is 0. The molecule has 528 valence electrons. The lowest BCUT2D eigenvalue weighted by atomic mass is 9.99. The summed E-state index contributed by atoms with van der Waals surface area (Å²) in [6, 6.07) is 0. The Morgan fingerprint density at radius 1 is 0.326 bits per heavy atom. The first-order valence-corrected chi connectivity index (χ1v) is 39.4. The van der Waals surface area contributed by atoms with E-state index >= 15 is 0 Å². The number of phosphoric acid groups is 2. The maximum atomic E-state index is 13.0. The van der Waals surface area contributed by atoms with E-state index in [4.69, 9.17) is 37.0 Å². The molecule has 0 aliphatic heterocycles. The number of aliphatic hydroxyl groups is 1. The monoisotopic (exact) mass is 1310 g/mol. The number of ether oxygens (including phenoxy) is 4. The maximum absolute atomic E-state index is 13.0. The topological polar surface area (TPSA) is 237 Å². The Morgan fingerprint density at radius 3 is 0.854 bits per heavy atom. The summed E-state index contributed by atoms with van der Waals surface area (Å²) in [5.74, 6) is 0.206. The van der Waals surface area contributed by atoms with Crippen LogP contribution in [0.5, 0.6) is 0 Å². The van der Waals surface area contributed by atoms with E-state index in [0.717, 1.165) is 114 Å². The van der Waals surface area contributed by atoms with Gasteiger partial charge in [0.1, 0.15) is 19.3 Å². The molecular weight excluding hydrogens is 1170 g/mol. The van der Waals surface area contributed by atoms with E-state index in [1.165, 1.54) is 154 Å². The average Bonchev–Trinajstić information content (AvgIpc) is 3.69. The van der Waals surface area contributed by atoms with E-state index in [-0.39, 0.29) is 25.7 Å². The second kappa shape index (κ2) is 61.0. The van der Waals surface area contributed by atoms with Gasteiger partial charge in [-0.05, 0) is 43.4 Å². The number of hydrogen-bond acceptors (Lipinski definition) is 15. The molecule has 0 aromatic carbocycles. The van der Waals surface area contributed by atoms with Gasteiger partial charge in [-0.3, -0.25) is 37.3 Å². The molecule has 0 rings (SSSR count). The van der Waals surface area contributed by atoms with Crippen molar-refractivity contribution in [3.05, 3.63) is 0 Å². The zero-order valence-electron chi connectivity index (χ0n) is 57.9. The van der Waals surface area contributed by atoms with Crippen molar-refractivity contribution < 1.29 is 80.2 Å². The third-order valence-electron chi connectivity index (χ3n) is 16.5. The van der Waals surface area contributed by atoms with Crippen molar-refractivity contribution in [2.45, 2.75) is 369 Å². The van der Waals surface area contributed by atoms with Gasteiger partial charge in [0.2, 0.25) is 0 Å². The maximum Gasteiger partial charge on any atom is 0.472 e. The zero-order valence-corrected chi connectivity index (χ0v) is 59.7. The molecule has 89 heavy (non-hydrogen) atoms. The van der Waals surface area contributed by atoms with Crippen molar-refractivity contribution in [2.24, 2.45) is 17.8 Å².